The van der Waals surface area contributed by atoms with Gasteiger partial charge in [0, 0.05) is 26.6 Å². The SMILES string of the molecule is COC1CN(c2cccc3c2C(=O)N(C2CCC(=O)NC2=O)C3=O)C1. The molecule has 1 aromatic carbocycles. The molecule has 3 aliphatic rings. The number of anilines is 1. The zero-order valence-corrected chi connectivity index (χ0v) is 13.7. The average molecular weight is 343 g/mol. The number of benzene rings is 1. The molecule has 1 unspecified atom stereocenters. The van der Waals surface area contributed by atoms with Gasteiger partial charge in [-0.25, -0.2) is 0 Å². The lowest BCUT2D eigenvalue weighted by Gasteiger charge is -2.40. The van der Waals surface area contributed by atoms with Crippen molar-refractivity contribution in [1.82, 2.24) is 10.2 Å². The highest BCUT2D eigenvalue weighted by Crippen LogP contribution is 2.36. The molecule has 25 heavy (non-hydrogen) atoms. The summed E-state index contributed by atoms with van der Waals surface area (Å²) in [5, 5.41) is 2.20. The summed E-state index contributed by atoms with van der Waals surface area (Å²) in [6, 6.07) is 4.18. The first-order chi connectivity index (χ1) is 12.0. The summed E-state index contributed by atoms with van der Waals surface area (Å²) in [6.07, 6.45) is 0.369. The van der Waals surface area contributed by atoms with Crippen LogP contribution in [0.2, 0.25) is 0 Å². The summed E-state index contributed by atoms with van der Waals surface area (Å²) >= 11 is 0. The van der Waals surface area contributed by atoms with Gasteiger partial charge < -0.3 is 9.64 Å². The Labute approximate surface area is 143 Å². The van der Waals surface area contributed by atoms with Gasteiger partial charge in [-0.2, -0.15) is 0 Å². The van der Waals surface area contributed by atoms with Gasteiger partial charge in [0.2, 0.25) is 11.8 Å². The molecule has 0 bridgehead atoms. The summed E-state index contributed by atoms with van der Waals surface area (Å²) < 4.78 is 5.26. The van der Waals surface area contributed by atoms with Crippen LogP contribution in [0.5, 0.6) is 0 Å². The lowest BCUT2D eigenvalue weighted by molar-refractivity contribution is -0.136. The first-order valence-electron chi connectivity index (χ1n) is 8.13. The number of nitrogens with one attached hydrogen (secondary N) is 1. The monoisotopic (exact) mass is 343 g/mol. The Balaban J connectivity index is 1.66. The summed E-state index contributed by atoms with van der Waals surface area (Å²) in [6.45, 7) is 1.29. The van der Waals surface area contributed by atoms with E-state index in [2.05, 4.69) is 5.32 Å². The maximum Gasteiger partial charge on any atom is 0.264 e. The quantitative estimate of drug-likeness (QED) is 0.772. The van der Waals surface area contributed by atoms with E-state index >= 15 is 0 Å². The molecule has 0 aromatic heterocycles. The Hall–Kier alpha value is -2.74. The van der Waals surface area contributed by atoms with Crippen LogP contribution in [-0.2, 0) is 14.3 Å². The second-order valence-electron chi connectivity index (χ2n) is 6.41. The number of hydrogen-bond acceptors (Lipinski definition) is 6. The first-order valence-corrected chi connectivity index (χ1v) is 8.13. The van der Waals surface area contributed by atoms with Crippen molar-refractivity contribution < 1.29 is 23.9 Å². The van der Waals surface area contributed by atoms with E-state index in [1.165, 1.54) is 0 Å². The number of amides is 4. The Morgan fingerprint density at radius 2 is 1.88 bits per heavy atom. The molecule has 1 N–H and O–H groups in total. The number of methoxy groups -OCH3 is 1. The van der Waals surface area contributed by atoms with E-state index < -0.39 is 23.8 Å². The zero-order chi connectivity index (χ0) is 17.7. The molecule has 2 fully saturated rings. The van der Waals surface area contributed by atoms with Gasteiger partial charge in [-0.15, -0.1) is 0 Å². The highest BCUT2D eigenvalue weighted by atomic mass is 16.5. The fraction of sp³-hybridized carbons (Fsp3) is 0.412. The van der Waals surface area contributed by atoms with E-state index in [9.17, 15) is 19.2 Å². The lowest BCUT2D eigenvalue weighted by Crippen LogP contribution is -2.54. The van der Waals surface area contributed by atoms with E-state index in [4.69, 9.17) is 4.74 Å². The minimum atomic E-state index is -0.943. The van der Waals surface area contributed by atoms with Crippen LogP contribution in [0.1, 0.15) is 33.6 Å². The van der Waals surface area contributed by atoms with E-state index in [0.717, 1.165) is 4.90 Å². The van der Waals surface area contributed by atoms with E-state index in [-0.39, 0.29) is 24.9 Å². The Morgan fingerprint density at radius 1 is 1.12 bits per heavy atom. The molecule has 8 heteroatoms. The molecular formula is C17H17N3O5. The molecule has 1 atom stereocenters. The highest BCUT2D eigenvalue weighted by molar-refractivity contribution is 6.25. The Bertz CT molecular complexity index is 799. The van der Waals surface area contributed by atoms with Crippen LogP contribution in [0, 0.1) is 0 Å². The number of carbonyl (C=O) groups excluding carboxylic acids is 4. The van der Waals surface area contributed by atoms with Crippen LogP contribution in [0.25, 0.3) is 0 Å². The zero-order valence-electron chi connectivity index (χ0n) is 13.7. The van der Waals surface area contributed by atoms with Crippen molar-refractivity contribution in [3.63, 3.8) is 0 Å². The van der Waals surface area contributed by atoms with Gasteiger partial charge in [-0.3, -0.25) is 29.4 Å². The largest absolute Gasteiger partial charge is 0.378 e. The molecule has 4 rings (SSSR count). The standard InChI is InChI=1S/C17H17N3O5/c1-25-9-7-19(8-9)11-4-2-3-10-14(11)17(24)20(16(10)23)12-5-6-13(21)18-15(12)22/h2-4,9,12H,5-8H2,1H3,(H,18,21,22). The Kier molecular flexibility index (Phi) is 3.57. The molecule has 0 aliphatic carbocycles. The third-order valence-corrected chi connectivity index (χ3v) is 4.97. The number of ether oxygens (including phenoxy) is 1. The van der Waals surface area contributed by atoms with Gasteiger partial charge in [-0.05, 0) is 18.6 Å². The molecular weight excluding hydrogens is 326 g/mol. The summed E-state index contributed by atoms with van der Waals surface area (Å²) in [5.74, 6) is -1.95. The molecule has 4 amide bonds. The third-order valence-electron chi connectivity index (χ3n) is 4.97. The second-order valence-corrected chi connectivity index (χ2v) is 6.41. The number of imide groups is 2. The van der Waals surface area contributed by atoms with Crippen LogP contribution >= 0.6 is 0 Å². The minimum absolute atomic E-state index is 0.106. The number of fused-ring (bicyclic) bond motifs is 1. The molecule has 3 aliphatic heterocycles. The van der Waals surface area contributed by atoms with Gasteiger partial charge >= 0.3 is 0 Å². The second kappa shape index (κ2) is 5.66. The van der Waals surface area contributed by atoms with Gasteiger partial charge in [0.25, 0.3) is 11.8 Å². The van der Waals surface area contributed by atoms with Crippen molar-refractivity contribution >= 4 is 29.3 Å². The molecule has 0 spiro atoms. The van der Waals surface area contributed by atoms with Gasteiger partial charge in [-0.1, -0.05) is 6.07 Å². The average Bonchev–Trinajstić information content (AvgIpc) is 2.79. The van der Waals surface area contributed by atoms with Crippen molar-refractivity contribution in [2.75, 3.05) is 25.1 Å². The number of nitrogens with zero attached hydrogens (tertiary/aromatic N) is 2. The topological polar surface area (TPSA) is 96.0 Å². The molecule has 0 radical (unpaired) electrons. The maximum atomic E-state index is 12.9. The van der Waals surface area contributed by atoms with Crippen molar-refractivity contribution in [3.8, 4) is 0 Å². The van der Waals surface area contributed by atoms with Crippen LogP contribution in [0.4, 0.5) is 5.69 Å². The summed E-state index contributed by atoms with van der Waals surface area (Å²) in [4.78, 5) is 52.1. The predicted molar refractivity (Wildman–Crippen MR) is 86.1 cm³/mol. The van der Waals surface area contributed by atoms with Crippen molar-refractivity contribution in [3.05, 3.63) is 29.3 Å². The number of hydrogen-bond donors (Lipinski definition) is 1. The lowest BCUT2D eigenvalue weighted by atomic mass is 10.0. The van der Waals surface area contributed by atoms with Gasteiger partial charge in [0.1, 0.15) is 6.04 Å². The summed E-state index contributed by atoms with van der Waals surface area (Å²) in [5.41, 5.74) is 1.30. The fourth-order valence-corrected chi connectivity index (χ4v) is 3.54. The molecule has 130 valence electrons. The van der Waals surface area contributed by atoms with E-state index in [1.54, 1.807) is 25.3 Å². The molecule has 2 saturated heterocycles. The van der Waals surface area contributed by atoms with Gasteiger partial charge in [0.05, 0.1) is 22.9 Å². The number of carbonyl (C=O) groups is 4. The van der Waals surface area contributed by atoms with Crippen LogP contribution in [0.15, 0.2) is 18.2 Å². The predicted octanol–water partition coefficient (Wildman–Crippen LogP) is -0.0772. The fourth-order valence-electron chi connectivity index (χ4n) is 3.54. The Morgan fingerprint density at radius 3 is 2.56 bits per heavy atom. The molecule has 3 heterocycles. The van der Waals surface area contributed by atoms with Crippen LogP contribution < -0.4 is 10.2 Å². The van der Waals surface area contributed by atoms with Crippen LogP contribution in [-0.4, -0.2) is 60.9 Å². The van der Waals surface area contributed by atoms with Crippen LogP contribution in [0.3, 0.4) is 0 Å². The first kappa shape index (κ1) is 15.8. The minimum Gasteiger partial charge on any atom is -0.378 e. The van der Waals surface area contributed by atoms with E-state index in [1.807, 2.05) is 4.90 Å². The number of rotatable bonds is 3. The number of piperidine rings is 1. The normalized spacial score (nSPS) is 23.6. The molecule has 0 saturated carbocycles. The smallest absolute Gasteiger partial charge is 0.264 e. The molecule has 8 nitrogen and oxygen atoms in total. The van der Waals surface area contributed by atoms with Crippen molar-refractivity contribution in [2.24, 2.45) is 0 Å². The van der Waals surface area contributed by atoms with Crippen molar-refractivity contribution in [2.45, 2.75) is 25.0 Å². The molecule has 1 aromatic rings. The van der Waals surface area contributed by atoms with Gasteiger partial charge in [0.15, 0.2) is 0 Å². The van der Waals surface area contributed by atoms with E-state index in [0.29, 0.717) is 29.9 Å². The maximum absolute atomic E-state index is 12.9. The summed E-state index contributed by atoms with van der Waals surface area (Å²) in [7, 11) is 1.64. The third kappa shape index (κ3) is 2.32. The highest BCUT2D eigenvalue weighted by Gasteiger charge is 2.46. The van der Waals surface area contributed by atoms with Crippen molar-refractivity contribution in [1.29, 1.82) is 0 Å².